The summed E-state index contributed by atoms with van der Waals surface area (Å²) in [5.41, 5.74) is 0.331. The minimum absolute atomic E-state index is 0. The van der Waals surface area contributed by atoms with Gasteiger partial charge in [0.25, 0.3) is 0 Å². The van der Waals surface area contributed by atoms with Crippen molar-refractivity contribution >= 4 is 5.97 Å². The van der Waals surface area contributed by atoms with E-state index in [9.17, 15) is 4.79 Å². The predicted octanol–water partition coefficient (Wildman–Crippen LogP) is -3.97. The largest absolute Gasteiger partial charge is 1.00 e. The molecule has 1 N–H and O–H groups in total. The molecule has 0 atom stereocenters. The van der Waals surface area contributed by atoms with Gasteiger partial charge in [0, 0.05) is 0 Å². The monoisotopic (exact) mass is 304 g/mol. The van der Waals surface area contributed by atoms with Crippen LogP contribution in [0.1, 0.15) is 17.8 Å². The van der Waals surface area contributed by atoms with Crippen LogP contribution in [0.3, 0.4) is 0 Å². The van der Waals surface area contributed by atoms with E-state index in [1.54, 1.807) is 30.3 Å². The Bertz CT molecular complexity index is 214. The number of carbonyl (C=O) groups is 1. The molecule has 0 aliphatic carbocycles. The van der Waals surface area contributed by atoms with Crippen LogP contribution in [0.2, 0.25) is 0 Å². The first-order chi connectivity index (χ1) is 4.30. The van der Waals surface area contributed by atoms with Crippen LogP contribution in [0.4, 0.5) is 0 Å². The molecule has 0 unspecified atom stereocenters. The predicted molar refractivity (Wildman–Crippen MR) is 40.1 cm³/mol. The van der Waals surface area contributed by atoms with Crippen LogP contribution in [-0.2, 0) is 0 Å². The second kappa shape index (κ2) is 10.1. The fraction of sp³-hybridized carbons (Fsp3) is 0.125. The Kier molecular flexibility index (Phi) is 15.9. The first-order valence-electron chi connectivity index (χ1n) is 2.59. The van der Waals surface area contributed by atoms with Crippen molar-refractivity contribution in [2.24, 2.45) is 0 Å². The molecule has 4 heteroatoms. The summed E-state index contributed by atoms with van der Waals surface area (Å²) in [4.78, 5) is 10.2. The number of aromatic carboxylic acids is 1. The molecule has 0 spiro atoms. The summed E-state index contributed by atoms with van der Waals surface area (Å²) in [6, 6.07) is 8.30. The quantitative estimate of drug-likeness (QED) is 0.425. The zero-order chi connectivity index (χ0) is 6.69. The van der Waals surface area contributed by atoms with Gasteiger partial charge in [-0.05, 0) is 12.1 Å². The maximum atomic E-state index is 10.2. The molecule has 0 saturated heterocycles. The summed E-state index contributed by atoms with van der Waals surface area (Å²) in [7, 11) is 0. The summed E-state index contributed by atoms with van der Waals surface area (Å²) in [5, 5.41) is 8.38. The summed E-state index contributed by atoms with van der Waals surface area (Å²) < 4.78 is 0. The van der Waals surface area contributed by atoms with Gasteiger partial charge >= 0.3 is 57.4 Å². The molecule has 0 fully saturated rings. The third-order valence-corrected chi connectivity index (χ3v) is 1.02. The number of hydrogen-bond acceptors (Lipinski definition) is 1. The van der Waals surface area contributed by atoms with Crippen molar-refractivity contribution in [2.45, 2.75) is 7.43 Å². The second-order valence-electron chi connectivity index (χ2n) is 1.67. The van der Waals surface area contributed by atoms with E-state index in [-0.39, 0.29) is 82.8 Å². The minimum Gasteiger partial charge on any atom is -1.00 e. The van der Waals surface area contributed by atoms with Crippen molar-refractivity contribution in [3.8, 4) is 0 Å². The molecule has 0 aliphatic rings. The van der Waals surface area contributed by atoms with Gasteiger partial charge in [0.15, 0.2) is 0 Å². The molecule has 2 nitrogen and oxygen atoms in total. The van der Waals surface area contributed by atoms with E-state index in [4.69, 9.17) is 5.11 Å². The van der Waals surface area contributed by atoms with Crippen LogP contribution in [0.15, 0.2) is 30.3 Å². The Labute approximate surface area is 132 Å². The number of carboxylic acid groups (broad SMARTS) is 1. The van der Waals surface area contributed by atoms with Gasteiger partial charge in [0.2, 0.25) is 0 Å². The van der Waals surface area contributed by atoms with E-state index in [2.05, 4.69) is 0 Å². The number of hydrogen-bond donors (Lipinski definition) is 1. The first-order valence-corrected chi connectivity index (χ1v) is 2.59. The maximum absolute atomic E-state index is 10.2. The van der Waals surface area contributed by atoms with E-state index in [0.29, 0.717) is 5.56 Å². The van der Waals surface area contributed by atoms with Crippen LogP contribution in [0.25, 0.3) is 0 Å². The smallest absolute Gasteiger partial charge is 1.00 e. The van der Waals surface area contributed by atoms with Crippen LogP contribution >= 0.6 is 0 Å². The molecular weight excluding hydrogens is 294 g/mol. The molecule has 0 aliphatic heterocycles. The van der Waals surface area contributed by atoms with Crippen LogP contribution < -0.4 is 75.4 Å². The summed E-state index contributed by atoms with van der Waals surface area (Å²) in [6.45, 7) is 0. The van der Waals surface area contributed by atoms with Gasteiger partial charge in [0.05, 0.1) is 5.56 Å². The number of benzene rings is 1. The molecule has 0 heterocycles. The topological polar surface area (TPSA) is 37.3 Å². The Morgan fingerprint density at radius 3 is 1.83 bits per heavy atom. The molecule has 0 bridgehead atoms. The number of carboxylic acids is 1. The van der Waals surface area contributed by atoms with E-state index >= 15 is 0 Å². The molecule has 0 saturated carbocycles. The molecule has 12 heavy (non-hydrogen) atoms. The molecule has 1 aromatic carbocycles. The van der Waals surface area contributed by atoms with Crippen molar-refractivity contribution in [3.63, 3.8) is 0 Å². The van der Waals surface area contributed by atoms with Crippen LogP contribution in [0.5, 0.6) is 0 Å². The first kappa shape index (κ1) is 18.8. The fourth-order valence-corrected chi connectivity index (χ4v) is 0.581. The third kappa shape index (κ3) is 6.56. The van der Waals surface area contributed by atoms with Gasteiger partial charge in [0.1, 0.15) is 0 Å². The Morgan fingerprint density at radius 1 is 1.17 bits per heavy atom. The SMILES string of the molecule is C.O=C(O)c1ccccc1.[I-].[K+]. The average molecular weight is 304 g/mol. The molecular formula is C8H10IKO2. The zero-order valence-electron chi connectivity index (χ0n) is 6.12. The van der Waals surface area contributed by atoms with Gasteiger partial charge in [-0.3, -0.25) is 0 Å². The van der Waals surface area contributed by atoms with Crippen molar-refractivity contribution in [2.75, 3.05) is 0 Å². The van der Waals surface area contributed by atoms with Gasteiger partial charge in [-0.15, -0.1) is 0 Å². The van der Waals surface area contributed by atoms with Gasteiger partial charge in [-0.1, -0.05) is 25.6 Å². The van der Waals surface area contributed by atoms with Crippen molar-refractivity contribution in [1.29, 1.82) is 0 Å². The molecule has 0 amide bonds. The molecule has 0 radical (unpaired) electrons. The van der Waals surface area contributed by atoms with E-state index in [0.717, 1.165) is 0 Å². The Hall–Kier alpha value is 1.06. The van der Waals surface area contributed by atoms with Crippen molar-refractivity contribution in [3.05, 3.63) is 35.9 Å². The molecule has 1 rings (SSSR count). The van der Waals surface area contributed by atoms with Crippen LogP contribution in [-0.4, -0.2) is 11.1 Å². The number of rotatable bonds is 1. The van der Waals surface area contributed by atoms with E-state index in [1.807, 2.05) is 0 Å². The van der Waals surface area contributed by atoms with Gasteiger partial charge in [-0.25, -0.2) is 4.79 Å². The summed E-state index contributed by atoms with van der Waals surface area (Å²) in [6.07, 6.45) is 0. The maximum Gasteiger partial charge on any atom is 1.00 e. The van der Waals surface area contributed by atoms with Gasteiger partial charge < -0.3 is 29.1 Å². The summed E-state index contributed by atoms with van der Waals surface area (Å²) in [5.74, 6) is -0.879. The number of halogens is 1. The standard InChI is InChI=1S/C7H6O2.CH4.HI.K/c8-7(9)6-4-2-1-3-5-6;;;/h1-5H,(H,8,9);1H4;1H;/q;;;+1/p-1. The van der Waals surface area contributed by atoms with Crippen molar-refractivity contribution in [1.82, 2.24) is 0 Å². The third-order valence-electron chi connectivity index (χ3n) is 1.02. The molecule has 62 valence electrons. The zero-order valence-corrected chi connectivity index (χ0v) is 11.4. The van der Waals surface area contributed by atoms with E-state index < -0.39 is 5.97 Å². The van der Waals surface area contributed by atoms with Crippen LogP contribution in [0, 0.1) is 0 Å². The Balaban J connectivity index is -0.000000270. The molecule has 1 aromatic rings. The Morgan fingerprint density at radius 2 is 1.58 bits per heavy atom. The normalized spacial score (nSPS) is 6.67. The minimum atomic E-state index is -0.879. The second-order valence-corrected chi connectivity index (χ2v) is 1.67. The van der Waals surface area contributed by atoms with E-state index in [1.165, 1.54) is 0 Å². The molecule has 0 aromatic heterocycles. The summed E-state index contributed by atoms with van der Waals surface area (Å²) >= 11 is 0. The van der Waals surface area contributed by atoms with Gasteiger partial charge in [-0.2, -0.15) is 0 Å². The fourth-order valence-electron chi connectivity index (χ4n) is 0.581. The van der Waals surface area contributed by atoms with Crippen molar-refractivity contribution < 1.29 is 85.3 Å². The average Bonchev–Trinajstić information content (AvgIpc) is 1.90.